The lowest BCUT2D eigenvalue weighted by atomic mass is 9.98. The van der Waals surface area contributed by atoms with Crippen molar-refractivity contribution in [3.63, 3.8) is 0 Å². The van der Waals surface area contributed by atoms with Crippen LogP contribution in [-0.2, 0) is 13.6 Å². The van der Waals surface area contributed by atoms with Gasteiger partial charge in [0.15, 0.2) is 0 Å². The van der Waals surface area contributed by atoms with Gasteiger partial charge in [0, 0.05) is 19.0 Å². The summed E-state index contributed by atoms with van der Waals surface area (Å²) in [6.07, 6.45) is 2.29. The minimum Gasteiger partial charge on any atom is -0.507 e. The number of aromatic hydroxyl groups is 1. The van der Waals surface area contributed by atoms with Crippen molar-refractivity contribution in [3.05, 3.63) is 58.4 Å². The molecule has 5 rings (SSSR count). The molecule has 2 aromatic carbocycles. The Labute approximate surface area is 174 Å². The summed E-state index contributed by atoms with van der Waals surface area (Å²) in [6, 6.07) is 13.1. The van der Waals surface area contributed by atoms with Crippen LogP contribution in [0.4, 0.5) is 0 Å². The molecule has 1 aliphatic heterocycles. The number of benzene rings is 2. The summed E-state index contributed by atoms with van der Waals surface area (Å²) in [6.45, 7) is 4.82. The molecule has 0 spiro atoms. The first kappa shape index (κ1) is 18.9. The first-order valence-corrected chi connectivity index (χ1v) is 10.4. The van der Waals surface area contributed by atoms with Gasteiger partial charge in [-0.15, -0.1) is 0 Å². The zero-order chi connectivity index (χ0) is 20.8. The van der Waals surface area contributed by atoms with E-state index in [-0.39, 0.29) is 5.75 Å². The van der Waals surface area contributed by atoms with E-state index in [4.69, 9.17) is 4.42 Å². The summed E-state index contributed by atoms with van der Waals surface area (Å²) in [4.78, 5) is 19.9. The average molecular weight is 403 g/mol. The van der Waals surface area contributed by atoms with E-state index in [2.05, 4.69) is 16.8 Å². The Morgan fingerprint density at radius 3 is 2.70 bits per heavy atom. The molecule has 4 aromatic rings. The number of fused-ring (bicyclic) bond motifs is 2. The first-order valence-electron chi connectivity index (χ1n) is 10.4. The smallest absolute Gasteiger partial charge is 0.347 e. The Bertz CT molecular complexity index is 1300. The number of rotatable bonds is 3. The third kappa shape index (κ3) is 3.17. The van der Waals surface area contributed by atoms with Gasteiger partial charge in [0.05, 0.1) is 16.6 Å². The highest BCUT2D eigenvalue weighted by molar-refractivity contribution is 5.87. The average Bonchev–Trinajstić information content (AvgIpc) is 3.08. The van der Waals surface area contributed by atoms with Gasteiger partial charge >= 0.3 is 5.63 Å². The monoisotopic (exact) mass is 403 g/mol. The van der Waals surface area contributed by atoms with Crippen molar-refractivity contribution in [2.75, 3.05) is 13.1 Å². The minimum absolute atomic E-state index is 0.166. The summed E-state index contributed by atoms with van der Waals surface area (Å²) < 4.78 is 7.68. The van der Waals surface area contributed by atoms with E-state index in [1.807, 2.05) is 41.9 Å². The minimum atomic E-state index is -0.444. The van der Waals surface area contributed by atoms with Crippen LogP contribution in [0.2, 0.25) is 0 Å². The Balaban J connectivity index is 1.60. The largest absolute Gasteiger partial charge is 0.507 e. The molecule has 0 radical (unpaired) electrons. The molecule has 6 heteroatoms. The van der Waals surface area contributed by atoms with Crippen LogP contribution in [0.25, 0.3) is 33.4 Å². The molecular formula is C24H25N3O3. The molecule has 6 nitrogen and oxygen atoms in total. The number of hydrogen-bond acceptors (Lipinski definition) is 5. The lowest BCUT2D eigenvalue weighted by molar-refractivity contribution is 0.183. The van der Waals surface area contributed by atoms with Gasteiger partial charge in [-0.2, -0.15) is 0 Å². The van der Waals surface area contributed by atoms with Gasteiger partial charge in [-0.25, -0.2) is 9.78 Å². The molecule has 154 valence electrons. The van der Waals surface area contributed by atoms with Crippen LogP contribution in [0, 0.1) is 5.92 Å². The summed E-state index contributed by atoms with van der Waals surface area (Å²) in [7, 11) is 1.90. The molecule has 0 unspecified atom stereocenters. The molecule has 1 saturated heterocycles. The van der Waals surface area contributed by atoms with Crippen LogP contribution < -0.4 is 5.63 Å². The molecule has 1 N–H and O–H groups in total. The van der Waals surface area contributed by atoms with Gasteiger partial charge in [0.2, 0.25) is 0 Å². The number of hydrogen-bond donors (Lipinski definition) is 1. The second kappa shape index (κ2) is 7.29. The fourth-order valence-corrected chi connectivity index (χ4v) is 4.37. The predicted octanol–water partition coefficient (Wildman–Crippen LogP) is 4.28. The van der Waals surface area contributed by atoms with Crippen molar-refractivity contribution in [3.8, 4) is 17.1 Å². The van der Waals surface area contributed by atoms with Crippen molar-refractivity contribution in [2.45, 2.75) is 26.3 Å². The third-order valence-corrected chi connectivity index (χ3v) is 6.27. The van der Waals surface area contributed by atoms with Crippen molar-refractivity contribution in [2.24, 2.45) is 13.0 Å². The van der Waals surface area contributed by atoms with E-state index in [9.17, 15) is 9.90 Å². The highest BCUT2D eigenvalue weighted by Crippen LogP contribution is 2.31. The number of para-hydroxylation sites is 2. The molecular weight excluding hydrogens is 378 g/mol. The lowest BCUT2D eigenvalue weighted by Crippen LogP contribution is -2.32. The number of aryl methyl sites for hydroxylation is 1. The maximum Gasteiger partial charge on any atom is 0.347 e. The number of likely N-dealkylation sites (tertiary alicyclic amines) is 1. The highest BCUT2D eigenvalue weighted by Gasteiger charge is 2.21. The third-order valence-electron chi connectivity index (χ3n) is 6.27. The molecule has 30 heavy (non-hydrogen) atoms. The van der Waals surface area contributed by atoms with Gasteiger partial charge < -0.3 is 14.1 Å². The Morgan fingerprint density at radius 1 is 1.17 bits per heavy atom. The van der Waals surface area contributed by atoms with Crippen molar-refractivity contribution in [1.29, 1.82) is 0 Å². The molecule has 0 bridgehead atoms. The Hall–Kier alpha value is -3.12. The normalized spacial score (nSPS) is 15.9. The molecule has 0 aliphatic carbocycles. The number of imidazole rings is 1. The number of aromatic nitrogens is 2. The van der Waals surface area contributed by atoms with E-state index in [0.29, 0.717) is 29.1 Å². The second-order valence-electron chi connectivity index (χ2n) is 8.37. The van der Waals surface area contributed by atoms with E-state index in [0.717, 1.165) is 48.3 Å². The second-order valence-corrected chi connectivity index (χ2v) is 8.37. The number of nitrogens with zero attached hydrogens (tertiary/aromatic N) is 3. The zero-order valence-corrected chi connectivity index (χ0v) is 17.3. The van der Waals surface area contributed by atoms with Crippen LogP contribution in [0.15, 0.2) is 51.7 Å². The van der Waals surface area contributed by atoms with Crippen molar-refractivity contribution in [1.82, 2.24) is 14.5 Å². The Kier molecular flexibility index (Phi) is 4.59. The maximum absolute atomic E-state index is 12.9. The topological polar surface area (TPSA) is 71.5 Å². The van der Waals surface area contributed by atoms with Crippen LogP contribution in [-0.4, -0.2) is 32.6 Å². The van der Waals surface area contributed by atoms with Gasteiger partial charge in [0.1, 0.15) is 22.7 Å². The molecule has 0 atom stereocenters. The molecule has 1 fully saturated rings. The standard InChI is InChI=1S/C24H25N3O3/c1-15-9-11-27(12-10-15)14-18-21(28)8-7-16-13-17(24(29)30-22(16)18)23-25-19-5-3-4-6-20(19)26(23)2/h3-8,13,15,28H,9-12,14H2,1-2H3. The predicted molar refractivity (Wildman–Crippen MR) is 118 cm³/mol. The Morgan fingerprint density at radius 2 is 1.93 bits per heavy atom. The summed E-state index contributed by atoms with van der Waals surface area (Å²) >= 11 is 0. The first-order chi connectivity index (χ1) is 14.5. The number of piperidine rings is 1. The SMILES string of the molecule is CC1CCN(Cc2c(O)ccc3cc(-c4nc5ccccc5n4C)c(=O)oc23)CC1. The van der Waals surface area contributed by atoms with Crippen LogP contribution in [0.1, 0.15) is 25.3 Å². The maximum atomic E-state index is 12.9. The van der Waals surface area contributed by atoms with Gasteiger partial charge in [-0.05, 0) is 62.2 Å². The summed E-state index contributed by atoms with van der Waals surface area (Å²) in [5, 5.41) is 11.3. The fourth-order valence-electron chi connectivity index (χ4n) is 4.37. The van der Waals surface area contributed by atoms with Crippen molar-refractivity contribution >= 4 is 22.0 Å². The summed E-state index contributed by atoms with van der Waals surface area (Å²) in [5.41, 5.74) is 2.90. The van der Waals surface area contributed by atoms with Crippen LogP contribution in [0.5, 0.6) is 5.75 Å². The molecule has 3 heterocycles. The van der Waals surface area contributed by atoms with E-state index in [1.54, 1.807) is 12.1 Å². The quantitative estimate of drug-likeness (QED) is 0.517. The lowest BCUT2D eigenvalue weighted by Gasteiger charge is -2.30. The van der Waals surface area contributed by atoms with E-state index < -0.39 is 5.63 Å². The van der Waals surface area contributed by atoms with Crippen LogP contribution in [0.3, 0.4) is 0 Å². The molecule has 0 saturated carbocycles. The van der Waals surface area contributed by atoms with Gasteiger partial charge in [-0.1, -0.05) is 19.1 Å². The van der Waals surface area contributed by atoms with Gasteiger partial charge in [0.25, 0.3) is 0 Å². The fraction of sp³-hybridized carbons (Fsp3) is 0.333. The number of phenols is 1. The van der Waals surface area contributed by atoms with E-state index in [1.165, 1.54) is 0 Å². The van der Waals surface area contributed by atoms with Crippen LogP contribution >= 0.6 is 0 Å². The number of phenolic OH excluding ortho intramolecular Hbond substituents is 1. The van der Waals surface area contributed by atoms with E-state index >= 15 is 0 Å². The summed E-state index contributed by atoms with van der Waals surface area (Å²) in [5.74, 6) is 1.47. The highest BCUT2D eigenvalue weighted by atomic mass is 16.4. The molecule has 2 aromatic heterocycles. The van der Waals surface area contributed by atoms with Crippen molar-refractivity contribution < 1.29 is 9.52 Å². The van der Waals surface area contributed by atoms with Gasteiger partial charge in [-0.3, -0.25) is 4.90 Å². The molecule has 0 amide bonds. The molecule has 1 aliphatic rings. The zero-order valence-electron chi connectivity index (χ0n) is 17.3.